The first kappa shape index (κ1) is 18.8. The van der Waals surface area contributed by atoms with Crippen LogP contribution in [0.3, 0.4) is 0 Å². The molecule has 1 aromatic rings. The highest BCUT2D eigenvalue weighted by atomic mass is 19.4. The minimum atomic E-state index is -4.90. The van der Waals surface area contributed by atoms with Gasteiger partial charge in [0, 0.05) is 0 Å². The first-order valence-corrected chi connectivity index (χ1v) is 5.93. The van der Waals surface area contributed by atoms with E-state index in [4.69, 9.17) is 0 Å². The third-order valence-electron chi connectivity index (χ3n) is 2.75. The number of ether oxygens (including phenoxy) is 2. The highest BCUT2D eigenvalue weighted by Gasteiger charge is 2.39. The first-order valence-electron chi connectivity index (χ1n) is 5.93. The van der Waals surface area contributed by atoms with Gasteiger partial charge in [0.25, 0.3) is 0 Å². The van der Waals surface area contributed by atoms with Gasteiger partial charge in [-0.3, -0.25) is 0 Å². The SMILES string of the molecule is COC(=O)c1[nH]c(C(=O)OC)c(CC(F)(F)F)c1CC(F)(F)F. The predicted molar refractivity (Wildman–Crippen MR) is 63.0 cm³/mol. The molecule has 0 aliphatic heterocycles. The molecule has 0 saturated heterocycles. The molecular formula is C12H11F6NO4. The number of carbonyl (C=O) groups is 2. The zero-order valence-corrected chi connectivity index (χ0v) is 11.8. The largest absolute Gasteiger partial charge is 0.464 e. The molecule has 0 bridgehead atoms. The molecule has 5 nitrogen and oxygen atoms in total. The molecule has 130 valence electrons. The Bertz CT molecular complexity index is 551. The van der Waals surface area contributed by atoms with Crippen molar-refractivity contribution in [2.45, 2.75) is 25.2 Å². The van der Waals surface area contributed by atoms with Crippen LogP contribution < -0.4 is 0 Å². The number of esters is 2. The van der Waals surface area contributed by atoms with Crippen LogP contribution in [0.5, 0.6) is 0 Å². The third-order valence-corrected chi connectivity index (χ3v) is 2.75. The smallest absolute Gasteiger partial charge is 0.393 e. The van der Waals surface area contributed by atoms with E-state index in [1.807, 2.05) is 4.98 Å². The van der Waals surface area contributed by atoms with Crippen LogP contribution in [0.15, 0.2) is 0 Å². The van der Waals surface area contributed by atoms with Crippen molar-refractivity contribution >= 4 is 11.9 Å². The van der Waals surface area contributed by atoms with E-state index in [1.54, 1.807) is 0 Å². The van der Waals surface area contributed by atoms with E-state index in [0.717, 1.165) is 14.2 Å². The van der Waals surface area contributed by atoms with Gasteiger partial charge in [0.15, 0.2) is 0 Å². The van der Waals surface area contributed by atoms with Crippen LogP contribution in [0, 0.1) is 0 Å². The van der Waals surface area contributed by atoms with E-state index in [-0.39, 0.29) is 0 Å². The Labute approximate surface area is 125 Å². The summed E-state index contributed by atoms with van der Waals surface area (Å²) >= 11 is 0. The molecule has 1 aromatic heterocycles. The highest BCUT2D eigenvalue weighted by molar-refractivity contribution is 5.96. The lowest BCUT2D eigenvalue weighted by Crippen LogP contribution is -2.19. The molecule has 0 amide bonds. The molecule has 11 heteroatoms. The Morgan fingerprint density at radius 2 is 1.13 bits per heavy atom. The summed E-state index contributed by atoms with van der Waals surface area (Å²) in [5.41, 5.74) is -3.74. The van der Waals surface area contributed by atoms with Crippen LogP contribution in [0.2, 0.25) is 0 Å². The Balaban J connectivity index is 3.59. The monoisotopic (exact) mass is 347 g/mol. The molecule has 0 radical (unpaired) electrons. The summed E-state index contributed by atoms with van der Waals surface area (Å²) in [6, 6.07) is 0. The van der Waals surface area contributed by atoms with E-state index in [1.165, 1.54) is 0 Å². The first-order chi connectivity index (χ1) is 10.4. The molecule has 0 fully saturated rings. The van der Waals surface area contributed by atoms with E-state index in [0.29, 0.717) is 0 Å². The number of carbonyl (C=O) groups excluding carboxylic acids is 2. The summed E-state index contributed by atoms with van der Waals surface area (Å²) in [6.45, 7) is 0. The van der Waals surface area contributed by atoms with Crippen LogP contribution in [-0.4, -0.2) is 43.5 Å². The van der Waals surface area contributed by atoms with E-state index in [2.05, 4.69) is 9.47 Å². The van der Waals surface area contributed by atoms with Gasteiger partial charge in [-0.25, -0.2) is 9.59 Å². The Kier molecular flexibility index (Phi) is 5.33. The van der Waals surface area contributed by atoms with Crippen molar-refractivity contribution in [3.05, 3.63) is 22.5 Å². The van der Waals surface area contributed by atoms with Gasteiger partial charge in [-0.1, -0.05) is 0 Å². The van der Waals surface area contributed by atoms with E-state index < -0.39 is 59.6 Å². The Morgan fingerprint density at radius 3 is 1.35 bits per heavy atom. The number of methoxy groups -OCH3 is 2. The van der Waals surface area contributed by atoms with Crippen molar-refractivity contribution in [2.75, 3.05) is 14.2 Å². The van der Waals surface area contributed by atoms with Gasteiger partial charge in [-0.2, -0.15) is 26.3 Å². The molecule has 0 atom stereocenters. The van der Waals surface area contributed by atoms with Gasteiger partial charge < -0.3 is 14.5 Å². The molecule has 0 aliphatic rings. The average Bonchev–Trinajstić information content (AvgIpc) is 2.72. The average molecular weight is 347 g/mol. The second-order valence-corrected chi connectivity index (χ2v) is 4.40. The minimum absolute atomic E-state index is 0.835. The molecule has 1 heterocycles. The summed E-state index contributed by atoms with van der Waals surface area (Å²) in [5.74, 6) is -2.66. The molecule has 1 rings (SSSR count). The fourth-order valence-electron chi connectivity index (χ4n) is 1.92. The lowest BCUT2D eigenvalue weighted by Gasteiger charge is -2.12. The quantitative estimate of drug-likeness (QED) is 0.672. The number of rotatable bonds is 4. The number of hydrogen-bond donors (Lipinski definition) is 1. The van der Waals surface area contributed by atoms with Crippen molar-refractivity contribution in [3.8, 4) is 0 Å². The number of aromatic amines is 1. The van der Waals surface area contributed by atoms with Crippen LogP contribution in [0.1, 0.15) is 32.1 Å². The summed E-state index contributed by atoms with van der Waals surface area (Å²) in [6.07, 6.45) is -13.5. The molecule has 0 spiro atoms. The van der Waals surface area contributed by atoms with Crippen molar-refractivity contribution in [1.82, 2.24) is 4.98 Å². The number of H-pyrrole nitrogens is 1. The van der Waals surface area contributed by atoms with Gasteiger partial charge >= 0.3 is 24.3 Å². The van der Waals surface area contributed by atoms with Gasteiger partial charge in [-0.05, 0) is 11.1 Å². The second-order valence-electron chi connectivity index (χ2n) is 4.40. The number of aromatic nitrogens is 1. The van der Waals surface area contributed by atoms with E-state index >= 15 is 0 Å². The number of nitrogens with one attached hydrogen (secondary N) is 1. The number of alkyl halides is 6. The Morgan fingerprint density at radius 1 is 0.826 bits per heavy atom. The predicted octanol–water partition coefficient (Wildman–Crippen LogP) is 2.80. The normalized spacial score (nSPS) is 12.2. The zero-order valence-electron chi connectivity index (χ0n) is 11.8. The van der Waals surface area contributed by atoms with Crippen LogP contribution in [-0.2, 0) is 22.3 Å². The molecule has 0 aliphatic carbocycles. The maximum atomic E-state index is 12.6. The summed E-state index contributed by atoms with van der Waals surface area (Å²) in [4.78, 5) is 25.0. The highest BCUT2D eigenvalue weighted by Crippen LogP contribution is 2.33. The Hall–Kier alpha value is -2.20. The molecular weight excluding hydrogens is 336 g/mol. The minimum Gasteiger partial charge on any atom is -0.464 e. The lowest BCUT2D eigenvalue weighted by molar-refractivity contribution is -0.132. The summed E-state index contributed by atoms with van der Waals surface area (Å²) in [5, 5.41) is 0. The zero-order chi connectivity index (χ0) is 18.0. The molecule has 1 N–H and O–H groups in total. The topological polar surface area (TPSA) is 68.4 Å². The van der Waals surface area contributed by atoms with Crippen molar-refractivity contribution in [2.24, 2.45) is 0 Å². The van der Waals surface area contributed by atoms with Crippen molar-refractivity contribution < 1.29 is 45.4 Å². The second kappa shape index (κ2) is 6.50. The summed E-state index contributed by atoms with van der Waals surface area (Å²) < 4.78 is 84.2. The fourth-order valence-corrected chi connectivity index (χ4v) is 1.92. The van der Waals surface area contributed by atoms with Gasteiger partial charge in [0.05, 0.1) is 27.1 Å². The summed E-state index contributed by atoms with van der Waals surface area (Å²) in [7, 11) is 1.67. The molecule has 23 heavy (non-hydrogen) atoms. The molecule has 0 unspecified atom stereocenters. The maximum Gasteiger partial charge on any atom is 0.393 e. The van der Waals surface area contributed by atoms with Crippen LogP contribution in [0.4, 0.5) is 26.3 Å². The van der Waals surface area contributed by atoms with Crippen LogP contribution in [0.25, 0.3) is 0 Å². The number of hydrogen-bond acceptors (Lipinski definition) is 4. The maximum absolute atomic E-state index is 12.6. The lowest BCUT2D eigenvalue weighted by atomic mass is 10.0. The number of halogens is 6. The fraction of sp³-hybridized carbons (Fsp3) is 0.500. The van der Waals surface area contributed by atoms with Gasteiger partial charge in [0.2, 0.25) is 0 Å². The van der Waals surface area contributed by atoms with Crippen LogP contribution >= 0.6 is 0 Å². The molecule has 0 saturated carbocycles. The van der Waals surface area contributed by atoms with E-state index in [9.17, 15) is 35.9 Å². The van der Waals surface area contributed by atoms with Crippen molar-refractivity contribution in [1.29, 1.82) is 0 Å². The van der Waals surface area contributed by atoms with Gasteiger partial charge in [0.1, 0.15) is 11.4 Å². The standard InChI is InChI=1S/C12H11F6NO4/c1-22-9(20)7-5(3-11(13,14)15)6(4-12(16,17)18)8(19-7)10(21)23-2/h19H,3-4H2,1-2H3. The third kappa shape index (κ3) is 4.89. The molecule has 0 aromatic carbocycles. The van der Waals surface area contributed by atoms with Crippen molar-refractivity contribution in [3.63, 3.8) is 0 Å². The van der Waals surface area contributed by atoms with Gasteiger partial charge in [-0.15, -0.1) is 0 Å².